The van der Waals surface area contributed by atoms with Crippen LogP contribution in [0, 0.1) is 5.82 Å². The van der Waals surface area contributed by atoms with Gasteiger partial charge in [-0.05, 0) is 35.9 Å². The lowest BCUT2D eigenvalue weighted by Gasteiger charge is -2.00. The second-order valence-corrected chi connectivity index (χ2v) is 4.29. The minimum atomic E-state index is -0.554. The number of fused-ring (bicyclic) bond motifs is 1. The molecule has 0 atom stereocenters. The molecule has 1 aromatic heterocycles. The number of aromatic nitrogens is 1. The van der Waals surface area contributed by atoms with Gasteiger partial charge in [-0.1, -0.05) is 12.1 Å². The van der Waals surface area contributed by atoms with Crippen LogP contribution in [0.2, 0.25) is 0 Å². The first-order valence-electron chi connectivity index (χ1n) is 6.19. The normalized spacial score (nSPS) is 11.1. The minimum absolute atomic E-state index is 0.359. The van der Waals surface area contributed by atoms with Crippen molar-refractivity contribution in [3.63, 3.8) is 0 Å². The molecule has 0 fully saturated rings. The van der Waals surface area contributed by atoms with Gasteiger partial charge in [-0.25, -0.2) is 14.2 Å². The summed E-state index contributed by atoms with van der Waals surface area (Å²) in [4.78, 5) is 15.7. The van der Waals surface area contributed by atoms with Crippen LogP contribution in [0.5, 0.6) is 5.75 Å². The summed E-state index contributed by atoms with van der Waals surface area (Å²) in [6.07, 6.45) is 4.04. The summed E-state index contributed by atoms with van der Waals surface area (Å²) in [5, 5.41) is 0. The van der Waals surface area contributed by atoms with E-state index in [4.69, 9.17) is 9.15 Å². The third-order valence-corrected chi connectivity index (χ3v) is 2.78. The summed E-state index contributed by atoms with van der Waals surface area (Å²) in [6, 6.07) is 10.8. The average Bonchev–Trinajstić information content (AvgIpc) is 2.93. The summed E-state index contributed by atoms with van der Waals surface area (Å²) in [6.45, 7) is 0. The molecule has 0 aliphatic rings. The van der Waals surface area contributed by atoms with Crippen LogP contribution in [0.15, 0.2) is 59.4 Å². The van der Waals surface area contributed by atoms with Crippen molar-refractivity contribution in [1.82, 2.24) is 4.98 Å². The summed E-state index contributed by atoms with van der Waals surface area (Å²) in [5.74, 6) is -0.547. The highest BCUT2D eigenvalue weighted by Crippen LogP contribution is 2.19. The molecular weight excluding hydrogens is 273 g/mol. The van der Waals surface area contributed by atoms with Crippen molar-refractivity contribution in [2.75, 3.05) is 0 Å². The van der Waals surface area contributed by atoms with Gasteiger partial charge in [-0.2, -0.15) is 0 Å². The Morgan fingerprint density at radius 3 is 3.00 bits per heavy atom. The van der Waals surface area contributed by atoms with Gasteiger partial charge >= 0.3 is 5.97 Å². The van der Waals surface area contributed by atoms with Gasteiger partial charge in [0.1, 0.15) is 17.1 Å². The number of hydrogen-bond donors (Lipinski definition) is 0. The number of nitrogens with zero attached hydrogens (tertiary/aromatic N) is 1. The van der Waals surface area contributed by atoms with Crippen molar-refractivity contribution < 1.29 is 18.3 Å². The van der Waals surface area contributed by atoms with E-state index in [0.717, 1.165) is 0 Å². The number of hydrogen-bond acceptors (Lipinski definition) is 4. The Hall–Kier alpha value is -2.95. The molecule has 2 aromatic carbocycles. The number of carbonyl (C=O) groups is 1. The van der Waals surface area contributed by atoms with Gasteiger partial charge in [0.15, 0.2) is 12.0 Å². The van der Waals surface area contributed by atoms with Crippen LogP contribution in [0.4, 0.5) is 4.39 Å². The zero-order valence-electron chi connectivity index (χ0n) is 10.8. The average molecular weight is 283 g/mol. The van der Waals surface area contributed by atoms with Gasteiger partial charge in [0.2, 0.25) is 0 Å². The first-order valence-corrected chi connectivity index (χ1v) is 6.19. The fourth-order valence-electron chi connectivity index (χ4n) is 1.83. The van der Waals surface area contributed by atoms with Crippen molar-refractivity contribution >= 4 is 23.1 Å². The largest absolute Gasteiger partial charge is 0.443 e. The molecule has 3 aromatic rings. The lowest BCUT2D eigenvalue weighted by atomic mass is 10.2. The Morgan fingerprint density at radius 2 is 2.14 bits per heavy atom. The van der Waals surface area contributed by atoms with E-state index in [1.807, 2.05) is 0 Å². The van der Waals surface area contributed by atoms with Crippen LogP contribution in [0.25, 0.3) is 17.2 Å². The molecule has 0 amide bonds. The molecule has 0 radical (unpaired) electrons. The van der Waals surface area contributed by atoms with Crippen molar-refractivity contribution in [3.05, 3.63) is 66.3 Å². The minimum Gasteiger partial charge on any atom is -0.443 e. The van der Waals surface area contributed by atoms with Gasteiger partial charge in [0.05, 0.1) is 0 Å². The first kappa shape index (κ1) is 13.1. The van der Waals surface area contributed by atoms with Crippen molar-refractivity contribution in [2.45, 2.75) is 0 Å². The van der Waals surface area contributed by atoms with Crippen molar-refractivity contribution in [3.8, 4) is 5.75 Å². The number of esters is 1. The molecule has 1 heterocycles. The van der Waals surface area contributed by atoms with Crippen LogP contribution >= 0.6 is 0 Å². The van der Waals surface area contributed by atoms with Crippen LogP contribution in [-0.4, -0.2) is 11.0 Å². The van der Waals surface area contributed by atoms with Crippen LogP contribution in [0.1, 0.15) is 5.56 Å². The van der Waals surface area contributed by atoms with Crippen LogP contribution < -0.4 is 4.74 Å². The van der Waals surface area contributed by atoms with E-state index in [1.165, 1.54) is 30.7 Å². The zero-order chi connectivity index (χ0) is 14.7. The third-order valence-electron chi connectivity index (χ3n) is 2.78. The molecular formula is C16H10FNO3. The van der Waals surface area contributed by atoms with E-state index in [2.05, 4.69) is 4.98 Å². The molecule has 0 aliphatic heterocycles. The second kappa shape index (κ2) is 5.58. The molecule has 0 unspecified atom stereocenters. The number of ether oxygens (including phenoxy) is 1. The Bertz CT molecular complexity index is 823. The molecule has 0 saturated heterocycles. The zero-order valence-corrected chi connectivity index (χ0v) is 10.8. The number of halogens is 1. The smallest absolute Gasteiger partial charge is 0.336 e. The summed E-state index contributed by atoms with van der Waals surface area (Å²) < 4.78 is 23.2. The van der Waals surface area contributed by atoms with E-state index in [9.17, 15) is 9.18 Å². The standard InChI is InChI=1S/C16H10FNO3/c17-12-3-1-2-11(8-12)4-7-16(19)21-13-5-6-15-14(9-13)18-10-20-15/h1-10H/b7-4+. The van der Waals surface area contributed by atoms with E-state index in [1.54, 1.807) is 30.3 Å². The number of benzene rings is 2. The number of oxazole rings is 1. The molecule has 4 nitrogen and oxygen atoms in total. The number of carbonyl (C=O) groups excluding carboxylic acids is 1. The fourth-order valence-corrected chi connectivity index (χ4v) is 1.83. The molecule has 104 valence electrons. The first-order chi connectivity index (χ1) is 10.2. The number of rotatable bonds is 3. The van der Waals surface area contributed by atoms with Crippen molar-refractivity contribution in [2.24, 2.45) is 0 Å². The second-order valence-electron chi connectivity index (χ2n) is 4.29. The topological polar surface area (TPSA) is 52.3 Å². The van der Waals surface area contributed by atoms with E-state index >= 15 is 0 Å². The fraction of sp³-hybridized carbons (Fsp3) is 0. The van der Waals surface area contributed by atoms with Gasteiger partial charge in [0, 0.05) is 12.1 Å². The van der Waals surface area contributed by atoms with E-state index in [-0.39, 0.29) is 5.82 Å². The lowest BCUT2D eigenvalue weighted by molar-refractivity contribution is -0.128. The highest BCUT2D eigenvalue weighted by atomic mass is 19.1. The molecule has 0 saturated carbocycles. The Labute approximate surface area is 119 Å². The molecule has 5 heteroatoms. The maximum atomic E-state index is 13.0. The highest BCUT2D eigenvalue weighted by molar-refractivity contribution is 5.89. The summed E-state index contributed by atoms with van der Waals surface area (Å²) in [7, 11) is 0. The van der Waals surface area contributed by atoms with Crippen molar-refractivity contribution in [1.29, 1.82) is 0 Å². The Balaban J connectivity index is 1.71. The predicted molar refractivity (Wildman–Crippen MR) is 75.1 cm³/mol. The molecule has 0 N–H and O–H groups in total. The predicted octanol–water partition coefficient (Wildman–Crippen LogP) is 3.59. The van der Waals surface area contributed by atoms with E-state index in [0.29, 0.717) is 22.4 Å². The molecule has 0 spiro atoms. The Kier molecular flexibility index (Phi) is 3.47. The van der Waals surface area contributed by atoms with Gasteiger partial charge in [-0.15, -0.1) is 0 Å². The van der Waals surface area contributed by atoms with Crippen LogP contribution in [-0.2, 0) is 4.79 Å². The SMILES string of the molecule is O=C(/C=C/c1cccc(F)c1)Oc1ccc2ocnc2c1. The molecule has 3 rings (SSSR count). The van der Waals surface area contributed by atoms with Crippen LogP contribution in [0.3, 0.4) is 0 Å². The Morgan fingerprint density at radius 1 is 1.24 bits per heavy atom. The van der Waals surface area contributed by atoms with Gasteiger partial charge in [-0.3, -0.25) is 0 Å². The highest BCUT2D eigenvalue weighted by Gasteiger charge is 2.04. The molecule has 0 bridgehead atoms. The summed E-state index contributed by atoms with van der Waals surface area (Å²) >= 11 is 0. The molecule has 21 heavy (non-hydrogen) atoms. The van der Waals surface area contributed by atoms with Gasteiger partial charge in [0.25, 0.3) is 0 Å². The monoisotopic (exact) mass is 283 g/mol. The summed E-state index contributed by atoms with van der Waals surface area (Å²) in [5.41, 5.74) is 1.80. The van der Waals surface area contributed by atoms with E-state index < -0.39 is 5.97 Å². The molecule has 0 aliphatic carbocycles. The maximum Gasteiger partial charge on any atom is 0.336 e. The maximum absolute atomic E-state index is 13.0. The third kappa shape index (κ3) is 3.14. The quantitative estimate of drug-likeness (QED) is 0.419. The van der Waals surface area contributed by atoms with Gasteiger partial charge < -0.3 is 9.15 Å². The lowest BCUT2D eigenvalue weighted by Crippen LogP contribution is -2.03.